The summed E-state index contributed by atoms with van der Waals surface area (Å²) in [5, 5.41) is 13.6. The van der Waals surface area contributed by atoms with E-state index in [2.05, 4.69) is 208 Å². The number of phenolic OH excluding ortho intramolecular Hbond substituents is 1. The third-order valence-electron chi connectivity index (χ3n) is 13.4. The Morgan fingerprint density at radius 1 is 0.578 bits per heavy atom. The van der Waals surface area contributed by atoms with Crippen molar-refractivity contribution in [3.05, 3.63) is 168 Å². The van der Waals surface area contributed by atoms with Crippen molar-refractivity contribution in [2.75, 3.05) is 0 Å². The summed E-state index contributed by atoms with van der Waals surface area (Å²) in [7, 11) is 0. The SMILES string of the molecule is CC(C)(C)c1ccc(-n2c(-c3cc(C(C)(C)C)cc(C(C)(C)C)c3O)nc3c4c(ccc32)C(C)(C)c2oc3ccc(-c5cc(-c6ccccc6)ccn5)cc3c2-4)c(-c2ccccc2)c1. The lowest BCUT2D eigenvalue weighted by Crippen LogP contribution is -2.17. The standard InChI is InChI=1S/C59H57N3O2/c1-56(2,3)39-23-25-47(41(32-39)36-20-16-13-17-21-36)62-48-26-24-44-51(52(48)61-55(62)43-33-40(57(4,5)6)34-45(53(43)63)58(7,8)9)50-42-30-38(22-27-49(42)64-54(50)59(44,10)11)46-31-37(28-29-60-46)35-18-14-12-15-19-35/h12-34,63H,1-11H3. The molecule has 9 aromatic rings. The molecule has 0 unspecified atom stereocenters. The van der Waals surface area contributed by atoms with E-state index in [4.69, 9.17) is 14.4 Å². The van der Waals surface area contributed by atoms with Crippen molar-refractivity contribution in [1.82, 2.24) is 14.5 Å². The van der Waals surface area contributed by atoms with Gasteiger partial charge in [-0.2, -0.15) is 0 Å². The first kappa shape index (κ1) is 41.3. The number of hydrogen-bond donors (Lipinski definition) is 1. The maximum atomic E-state index is 12.6. The van der Waals surface area contributed by atoms with E-state index in [1.807, 2.05) is 12.3 Å². The maximum Gasteiger partial charge on any atom is 0.149 e. The molecule has 320 valence electrons. The van der Waals surface area contributed by atoms with Crippen LogP contribution in [-0.2, 0) is 21.7 Å². The second-order valence-corrected chi connectivity index (χ2v) is 21.3. The van der Waals surface area contributed by atoms with Crippen LogP contribution in [0.25, 0.3) is 83.7 Å². The van der Waals surface area contributed by atoms with E-state index < -0.39 is 5.41 Å². The second-order valence-electron chi connectivity index (χ2n) is 21.3. The number of rotatable bonds is 5. The smallest absolute Gasteiger partial charge is 0.149 e. The Balaban J connectivity index is 1.30. The largest absolute Gasteiger partial charge is 0.507 e. The highest BCUT2D eigenvalue weighted by atomic mass is 16.3. The van der Waals surface area contributed by atoms with Gasteiger partial charge in [0.05, 0.1) is 28.0 Å². The topological polar surface area (TPSA) is 64.1 Å². The lowest BCUT2D eigenvalue weighted by molar-refractivity contribution is 0.446. The molecule has 0 radical (unpaired) electrons. The molecule has 0 amide bonds. The van der Waals surface area contributed by atoms with Gasteiger partial charge < -0.3 is 9.52 Å². The molecule has 0 saturated carbocycles. The minimum absolute atomic E-state index is 0.0782. The lowest BCUT2D eigenvalue weighted by atomic mass is 9.79. The first-order valence-electron chi connectivity index (χ1n) is 22.5. The number of nitrogens with zero attached hydrogens (tertiary/aromatic N) is 3. The Hall–Kier alpha value is -6.72. The molecule has 0 aliphatic heterocycles. The molecule has 5 nitrogen and oxygen atoms in total. The van der Waals surface area contributed by atoms with Gasteiger partial charge in [0.25, 0.3) is 0 Å². The zero-order chi connectivity index (χ0) is 45.1. The third kappa shape index (κ3) is 6.67. The van der Waals surface area contributed by atoms with Crippen molar-refractivity contribution >= 4 is 22.0 Å². The summed E-state index contributed by atoms with van der Waals surface area (Å²) in [5.41, 5.74) is 16.3. The molecule has 3 aromatic heterocycles. The van der Waals surface area contributed by atoms with Gasteiger partial charge in [0.1, 0.15) is 22.9 Å². The molecule has 64 heavy (non-hydrogen) atoms. The van der Waals surface area contributed by atoms with Gasteiger partial charge in [0, 0.05) is 44.8 Å². The molecule has 1 aliphatic carbocycles. The van der Waals surface area contributed by atoms with Crippen LogP contribution in [0.2, 0.25) is 0 Å². The van der Waals surface area contributed by atoms with Crippen molar-refractivity contribution in [2.45, 2.75) is 97.8 Å². The molecule has 3 heterocycles. The van der Waals surface area contributed by atoms with Crippen LogP contribution in [0.1, 0.15) is 104 Å². The van der Waals surface area contributed by atoms with Crippen molar-refractivity contribution in [3.8, 4) is 67.5 Å². The number of phenols is 1. The molecule has 0 fully saturated rings. The van der Waals surface area contributed by atoms with Crippen molar-refractivity contribution in [1.29, 1.82) is 0 Å². The number of aromatic nitrogens is 3. The van der Waals surface area contributed by atoms with E-state index in [1.165, 1.54) is 5.56 Å². The van der Waals surface area contributed by atoms with Gasteiger partial charge in [-0.1, -0.05) is 141 Å². The summed E-state index contributed by atoms with van der Waals surface area (Å²) >= 11 is 0. The Labute approximate surface area is 377 Å². The predicted octanol–water partition coefficient (Wildman–Crippen LogP) is 15.7. The first-order valence-corrected chi connectivity index (χ1v) is 22.5. The summed E-state index contributed by atoms with van der Waals surface area (Å²) < 4.78 is 9.20. The van der Waals surface area contributed by atoms with Crippen molar-refractivity contribution in [3.63, 3.8) is 0 Å². The fourth-order valence-electron chi connectivity index (χ4n) is 9.66. The molecule has 0 saturated heterocycles. The third-order valence-corrected chi connectivity index (χ3v) is 13.4. The Morgan fingerprint density at radius 2 is 1.25 bits per heavy atom. The minimum Gasteiger partial charge on any atom is -0.507 e. The molecular formula is C59H57N3O2. The minimum atomic E-state index is -0.440. The highest BCUT2D eigenvalue weighted by Gasteiger charge is 2.43. The van der Waals surface area contributed by atoms with Gasteiger partial charge in [-0.05, 0) is 118 Å². The van der Waals surface area contributed by atoms with Crippen LogP contribution in [0.4, 0.5) is 0 Å². The molecule has 5 heteroatoms. The summed E-state index contributed by atoms with van der Waals surface area (Å²) in [4.78, 5) is 10.6. The zero-order valence-electron chi connectivity index (χ0n) is 39.0. The van der Waals surface area contributed by atoms with Crippen LogP contribution in [0.15, 0.2) is 144 Å². The van der Waals surface area contributed by atoms with Crippen LogP contribution < -0.4 is 0 Å². The van der Waals surface area contributed by atoms with Crippen LogP contribution in [-0.4, -0.2) is 19.6 Å². The number of fused-ring (bicyclic) bond motifs is 7. The van der Waals surface area contributed by atoms with Gasteiger partial charge in [-0.25, -0.2) is 4.98 Å². The Morgan fingerprint density at radius 3 is 1.92 bits per heavy atom. The van der Waals surface area contributed by atoms with E-state index >= 15 is 0 Å². The van der Waals surface area contributed by atoms with Gasteiger partial charge >= 0.3 is 0 Å². The highest BCUT2D eigenvalue weighted by Crippen LogP contribution is 2.56. The molecular weight excluding hydrogens is 783 g/mol. The van der Waals surface area contributed by atoms with E-state index in [-0.39, 0.29) is 22.0 Å². The molecule has 1 aliphatic rings. The lowest BCUT2D eigenvalue weighted by Gasteiger charge is -2.28. The number of furan rings is 1. The maximum absolute atomic E-state index is 12.6. The fraction of sp³-hybridized carbons (Fsp3) is 0.254. The number of hydrogen-bond acceptors (Lipinski definition) is 4. The molecule has 6 aromatic carbocycles. The average Bonchev–Trinajstić information content (AvgIpc) is 3.91. The summed E-state index contributed by atoms with van der Waals surface area (Å²) in [6.07, 6.45) is 1.89. The number of imidazole rings is 1. The van der Waals surface area contributed by atoms with Crippen LogP contribution >= 0.6 is 0 Å². The molecule has 0 atom stereocenters. The summed E-state index contributed by atoms with van der Waals surface area (Å²) in [6, 6.07) is 47.5. The molecule has 0 spiro atoms. The van der Waals surface area contributed by atoms with Crippen molar-refractivity contribution < 1.29 is 9.52 Å². The molecule has 10 rings (SSSR count). The highest BCUT2D eigenvalue weighted by molar-refractivity contribution is 6.10. The monoisotopic (exact) mass is 839 g/mol. The van der Waals surface area contributed by atoms with Gasteiger partial charge in [-0.3, -0.25) is 9.55 Å². The quantitative estimate of drug-likeness (QED) is 0.187. The van der Waals surface area contributed by atoms with E-state index in [1.54, 1.807) is 0 Å². The zero-order valence-corrected chi connectivity index (χ0v) is 39.0. The predicted molar refractivity (Wildman–Crippen MR) is 266 cm³/mol. The average molecular weight is 840 g/mol. The summed E-state index contributed by atoms with van der Waals surface area (Å²) in [5.74, 6) is 1.88. The van der Waals surface area contributed by atoms with Crippen molar-refractivity contribution in [2.24, 2.45) is 0 Å². The molecule has 1 N–H and O–H groups in total. The van der Waals surface area contributed by atoms with E-state index in [0.717, 1.165) is 94.8 Å². The fourth-order valence-corrected chi connectivity index (χ4v) is 9.66. The van der Waals surface area contributed by atoms with Crippen LogP contribution in [0.3, 0.4) is 0 Å². The number of pyridine rings is 1. The number of benzene rings is 6. The van der Waals surface area contributed by atoms with Crippen LogP contribution in [0.5, 0.6) is 5.75 Å². The Bertz CT molecular complexity index is 3290. The first-order chi connectivity index (χ1) is 30.3. The van der Waals surface area contributed by atoms with Gasteiger partial charge in [0.15, 0.2) is 0 Å². The van der Waals surface area contributed by atoms with E-state index in [0.29, 0.717) is 11.4 Å². The Kier molecular flexibility index (Phi) is 9.29. The van der Waals surface area contributed by atoms with Crippen LogP contribution in [0, 0.1) is 0 Å². The second kappa shape index (κ2) is 14.4. The molecule has 0 bridgehead atoms. The summed E-state index contributed by atoms with van der Waals surface area (Å²) in [6.45, 7) is 24.5. The van der Waals surface area contributed by atoms with E-state index in [9.17, 15) is 5.11 Å². The van der Waals surface area contributed by atoms with Gasteiger partial charge in [0.2, 0.25) is 0 Å². The number of aromatic hydroxyl groups is 1. The normalized spacial score (nSPS) is 13.7. The van der Waals surface area contributed by atoms with Gasteiger partial charge in [-0.15, -0.1) is 0 Å².